The van der Waals surface area contributed by atoms with Gasteiger partial charge in [-0.25, -0.2) is 8.42 Å². The Morgan fingerprint density at radius 2 is 1.69 bits per heavy atom. The van der Waals surface area contributed by atoms with Crippen molar-refractivity contribution < 1.29 is 13.2 Å². The average molecular weight is 484 g/mol. The van der Waals surface area contributed by atoms with Crippen molar-refractivity contribution in [1.29, 1.82) is 0 Å². The first-order chi connectivity index (χ1) is 17.0. The lowest BCUT2D eigenvalue weighted by atomic mass is 10.1. The van der Waals surface area contributed by atoms with E-state index in [2.05, 4.69) is 4.98 Å². The van der Waals surface area contributed by atoms with Crippen LogP contribution in [0.25, 0.3) is 16.9 Å². The van der Waals surface area contributed by atoms with Gasteiger partial charge in [0.2, 0.25) is 5.91 Å². The van der Waals surface area contributed by atoms with E-state index in [1.807, 2.05) is 95.8 Å². The Morgan fingerprint density at radius 1 is 0.943 bits per heavy atom. The van der Waals surface area contributed by atoms with Crippen molar-refractivity contribution in [1.82, 2.24) is 14.5 Å². The lowest BCUT2D eigenvalue weighted by Crippen LogP contribution is -2.41. The first kappa shape index (κ1) is 22.8. The molecule has 1 atom stereocenters. The van der Waals surface area contributed by atoms with Gasteiger partial charge in [-0.15, -0.1) is 0 Å². The lowest BCUT2D eigenvalue weighted by Gasteiger charge is -2.28. The van der Waals surface area contributed by atoms with Crippen LogP contribution < -0.4 is 0 Å². The monoisotopic (exact) mass is 483 g/mol. The fourth-order valence-corrected chi connectivity index (χ4v) is 5.55. The van der Waals surface area contributed by atoms with Crippen LogP contribution in [-0.2, 0) is 27.6 Å². The molecule has 0 bridgehead atoms. The number of hydrogen-bond acceptors (Lipinski definition) is 4. The molecule has 4 aromatic rings. The fraction of sp³-hybridized carbons (Fsp3) is 0.143. The zero-order valence-corrected chi connectivity index (χ0v) is 19.9. The molecular weight excluding hydrogens is 458 g/mol. The smallest absolute Gasteiger partial charge is 0.227 e. The summed E-state index contributed by atoms with van der Waals surface area (Å²) in [6.45, 7) is 0.299. The van der Waals surface area contributed by atoms with E-state index in [1.54, 1.807) is 17.2 Å². The SMILES string of the molecule is O=C(Cc1ccc(-n2cccc2)cc1)N(Cc1ccnc(-c2ccccc2)c1)C1C=CS(=O)(=O)C1. The summed E-state index contributed by atoms with van der Waals surface area (Å²) < 4.78 is 26.3. The van der Waals surface area contributed by atoms with Gasteiger partial charge in [0.25, 0.3) is 0 Å². The van der Waals surface area contributed by atoms with Gasteiger partial charge in [0.05, 0.1) is 23.9 Å². The third-order valence-corrected chi connectivity index (χ3v) is 7.45. The Balaban J connectivity index is 1.38. The van der Waals surface area contributed by atoms with E-state index in [-0.39, 0.29) is 18.1 Å². The highest BCUT2D eigenvalue weighted by atomic mass is 32.2. The molecule has 0 aliphatic carbocycles. The molecule has 176 valence electrons. The number of amides is 1. The van der Waals surface area contributed by atoms with Crippen LogP contribution >= 0.6 is 0 Å². The normalized spacial score (nSPS) is 16.3. The Bertz CT molecular complexity index is 1450. The summed E-state index contributed by atoms with van der Waals surface area (Å²) in [5.74, 6) is -0.217. The van der Waals surface area contributed by atoms with Crippen molar-refractivity contribution in [2.45, 2.75) is 19.0 Å². The Kier molecular flexibility index (Phi) is 6.33. The second kappa shape index (κ2) is 9.72. The molecule has 0 saturated carbocycles. The van der Waals surface area contributed by atoms with Crippen molar-refractivity contribution in [3.63, 3.8) is 0 Å². The summed E-state index contributed by atoms with van der Waals surface area (Å²) in [5.41, 5.74) is 4.58. The van der Waals surface area contributed by atoms with Gasteiger partial charge in [-0.3, -0.25) is 9.78 Å². The second-order valence-electron chi connectivity index (χ2n) is 8.60. The number of rotatable bonds is 7. The zero-order chi connectivity index (χ0) is 24.3. The number of carbonyl (C=O) groups is 1. The zero-order valence-electron chi connectivity index (χ0n) is 19.1. The Morgan fingerprint density at radius 3 is 2.37 bits per heavy atom. The average Bonchev–Trinajstić information content (AvgIpc) is 3.53. The third-order valence-electron chi connectivity index (χ3n) is 6.07. The number of aromatic nitrogens is 2. The molecule has 3 heterocycles. The van der Waals surface area contributed by atoms with Crippen LogP contribution in [0.5, 0.6) is 0 Å². The summed E-state index contributed by atoms with van der Waals surface area (Å²) >= 11 is 0. The molecule has 1 unspecified atom stereocenters. The second-order valence-corrected chi connectivity index (χ2v) is 10.5. The minimum Gasteiger partial charge on any atom is -0.331 e. The number of nitrogens with zero attached hydrogens (tertiary/aromatic N) is 3. The predicted octanol–water partition coefficient (Wildman–Crippen LogP) is 4.42. The molecule has 35 heavy (non-hydrogen) atoms. The first-order valence-corrected chi connectivity index (χ1v) is 13.1. The predicted molar refractivity (Wildman–Crippen MR) is 136 cm³/mol. The molecule has 7 heteroatoms. The van der Waals surface area contributed by atoms with Gasteiger partial charge >= 0.3 is 0 Å². The molecule has 2 aromatic carbocycles. The number of carbonyl (C=O) groups excluding carboxylic acids is 1. The number of sulfone groups is 1. The van der Waals surface area contributed by atoms with Crippen molar-refractivity contribution in [3.8, 4) is 16.9 Å². The van der Waals surface area contributed by atoms with Crippen molar-refractivity contribution in [2.75, 3.05) is 5.75 Å². The van der Waals surface area contributed by atoms with E-state index in [0.717, 1.165) is 28.1 Å². The highest BCUT2D eigenvalue weighted by Gasteiger charge is 2.30. The third kappa shape index (κ3) is 5.41. The minimum absolute atomic E-state index is 0.0953. The van der Waals surface area contributed by atoms with E-state index in [4.69, 9.17) is 0 Å². The van der Waals surface area contributed by atoms with Crippen molar-refractivity contribution in [3.05, 3.63) is 120 Å². The number of benzene rings is 2. The van der Waals surface area contributed by atoms with E-state index in [1.165, 1.54) is 5.41 Å². The quantitative estimate of drug-likeness (QED) is 0.390. The minimum atomic E-state index is -3.31. The Labute approximate surface area is 205 Å². The maximum Gasteiger partial charge on any atom is 0.227 e. The molecule has 1 aliphatic rings. The van der Waals surface area contributed by atoms with Gasteiger partial charge in [-0.2, -0.15) is 0 Å². The van der Waals surface area contributed by atoms with E-state index in [9.17, 15) is 13.2 Å². The first-order valence-electron chi connectivity index (χ1n) is 11.4. The molecule has 1 aliphatic heterocycles. The molecular formula is C28H25N3O3S. The molecule has 6 nitrogen and oxygen atoms in total. The highest BCUT2D eigenvalue weighted by Crippen LogP contribution is 2.22. The summed E-state index contributed by atoms with van der Waals surface area (Å²) in [7, 11) is -3.31. The number of pyridine rings is 1. The molecule has 5 rings (SSSR count). The van der Waals surface area contributed by atoms with E-state index in [0.29, 0.717) is 6.54 Å². The number of hydrogen-bond donors (Lipinski definition) is 0. The molecule has 0 fully saturated rings. The van der Waals surface area contributed by atoms with Gasteiger partial charge in [0, 0.05) is 41.8 Å². The molecule has 0 saturated heterocycles. The van der Waals surface area contributed by atoms with Crippen LogP contribution in [0.15, 0.2) is 109 Å². The topological polar surface area (TPSA) is 72.3 Å². The van der Waals surface area contributed by atoms with Gasteiger partial charge in [-0.05, 0) is 53.6 Å². The van der Waals surface area contributed by atoms with E-state index < -0.39 is 15.9 Å². The van der Waals surface area contributed by atoms with Crippen molar-refractivity contribution in [2.24, 2.45) is 0 Å². The van der Waals surface area contributed by atoms with Crippen LogP contribution in [0.1, 0.15) is 11.1 Å². The summed E-state index contributed by atoms with van der Waals surface area (Å²) in [6, 6.07) is 24.9. The van der Waals surface area contributed by atoms with Crippen molar-refractivity contribution >= 4 is 15.7 Å². The molecule has 0 spiro atoms. The highest BCUT2D eigenvalue weighted by molar-refractivity contribution is 7.94. The molecule has 1 amide bonds. The van der Waals surface area contributed by atoms with Gasteiger partial charge in [0.1, 0.15) is 0 Å². The summed E-state index contributed by atoms with van der Waals surface area (Å²) in [5, 5.41) is 1.21. The van der Waals surface area contributed by atoms with Gasteiger partial charge in [0.15, 0.2) is 9.84 Å². The van der Waals surface area contributed by atoms with Crippen LogP contribution in [-0.4, -0.2) is 40.6 Å². The summed E-state index contributed by atoms with van der Waals surface area (Å²) in [4.78, 5) is 19.6. The standard InChI is InChI=1S/C28H25N3O3S/c32-28(19-22-8-10-25(11-9-22)30-15-4-5-16-30)31(26-13-17-35(33,34)21-26)20-23-12-14-29-27(18-23)24-6-2-1-3-7-24/h1-18,26H,19-21H2. The van der Waals surface area contributed by atoms with Crippen LogP contribution in [0, 0.1) is 0 Å². The molecule has 0 N–H and O–H groups in total. The maximum absolute atomic E-state index is 13.5. The molecule has 0 radical (unpaired) electrons. The van der Waals surface area contributed by atoms with Gasteiger partial charge < -0.3 is 9.47 Å². The fourth-order valence-electron chi connectivity index (χ4n) is 4.25. The van der Waals surface area contributed by atoms with Crippen LogP contribution in [0.4, 0.5) is 0 Å². The summed E-state index contributed by atoms with van der Waals surface area (Å²) in [6.07, 6.45) is 7.45. The van der Waals surface area contributed by atoms with Gasteiger partial charge in [-0.1, -0.05) is 42.5 Å². The Hall–Kier alpha value is -3.97. The lowest BCUT2D eigenvalue weighted by molar-refractivity contribution is -0.132. The van der Waals surface area contributed by atoms with E-state index >= 15 is 0 Å². The largest absolute Gasteiger partial charge is 0.331 e. The molecule has 2 aromatic heterocycles. The van der Waals surface area contributed by atoms with Crippen LogP contribution in [0.3, 0.4) is 0 Å². The maximum atomic E-state index is 13.5. The van der Waals surface area contributed by atoms with Crippen LogP contribution in [0.2, 0.25) is 0 Å².